The lowest BCUT2D eigenvalue weighted by Crippen LogP contribution is -2.52. The van der Waals surface area contributed by atoms with Crippen molar-refractivity contribution in [2.24, 2.45) is 24.8 Å². The molecule has 3 unspecified atom stereocenters. The molecular formula is C21H31N3O5S. The van der Waals surface area contributed by atoms with E-state index in [0.29, 0.717) is 36.9 Å². The van der Waals surface area contributed by atoms with Crippen molar-refractivity contribution in [2.75, 3.05) is 13.1 Å². The smallest absolute Gasteiger partial charge is 0.408 e. The van der Waals surface area contributed by atoms with Gasteiger partial charge in [-0.2, -0.15) is 4.72 Å². The molecule has 0 bridgehead atoms. The van der Waals surface area contributed by atoms with Crippen molar-refractivity contribution in [2.45, 2.75) is 51.5 Å². The normalized spacial score (nSPS) is 21.3. The second-order valence-corrected chi connectivity index (χ2v) is 10.8. The van der Waals surface area contributed by atoms with Gasteiger partial charge in [-0.15, -0.1) is 0 Å². The van der Waals surface area contributed by atoms with E-state index in [4.69, 9.17) is 4.42 Å². The zero-order valence-corrected chi connectivity index (χ0v) is 19.0. The van der Waals surface area contributed by atoms with Gasteiger partial charge in [0.2, 0.25) is 15.9 Å². The van der Waals surface area contributed by atoms with Crippen LogP contribution in [0.2, 0.25) is 0 Å². The first-order valence-corrected chi connectivity index (χ1v) is 11.9. The highest BCUT2D eigenvalue weighted by Gasteiger charge is 2.33. The quantitative estimate of drug-likeness (QED) is 0.747. The molecule has 3 rings (SSSR count). The summed E-state index contributed by atoms with van der Waals surface area (Å²) in [4.78, 5) is 26.7. The number of aromatic nitrogens is 1. The fraction of sp³-hybridized carbons (Fsp3) is 0.619. The lowest BCUT2D eigenvalue weighted by atomic mass is 9.91. The van der Waals surface area contributed by atoms with E-state index in [1.54, 1.807) is 11.9 Å². The summed E-state index contributed by atoms with van der Waals surface area (Å²) in [6.07, 6.45) is 1.46. The number of carbonyl (C=O) groups excluding carboxylic acids is 1. The molecular weight excluding hydrogens is 406 g/mol. The Morgan fingerprint density at radius 2 is 1.87 bits per heavy atom. The highest BCUT2D eigenvalue weighted by atomic mass is 32.2. The molecule has 1 aromatic carbocycles. The lowest BCUT2D eigenvalue weighted by molar-refractivity contribution is -0.136. The van der Waals surface area contributed by atoms with E-state index in [0.717, 1.165) is 6.42 Å². The molecule has 0 spiro atoms. The molecule has 9 heteroatoms. The van der Waals surface area contributed by atoms with Gasteiger partial charge in [0.15, 0.2) is 5.58 Å². The van der Waals surface area contributed by atoms with E-state index in [1.165, 1.54) is 22.8 Å². The molecule has 1 aliphatic heterocycles. The average molecular weight is 438 g/mol. The number of likely N-dealkylation sites (tertiary alicyclic amines) is 1. The van der Waals surface area contributed by atoms with Crippen molar-refractivity contribution in [1.29, 1.82) is 0 Å². The molecule has 2 heterocycles. The number of piperidine rings is 1. The Kier molecular flexibility index (Phi) is 6.43. The number of aryl methyl sites for hydroxylation is 1. The molecule has 2 aromatic rings. The van der Waals surface area contributed by atoms with Crippen LogP contribution in [0.25, 0.3) is 11.1 Å². The van der Waals surface area contributed by atoms with E-state index in [9.17, 15) is 18.0 Å². The molecule has 0 aliphatic carbocycles. The third kappa shape index (κ3) is 4.78. The minimum Gasteiger partial charge on any atom is -0.408 e. The number of nitrogens with zero attached hydrogens (tertiary/aromatic N) is 2. The SMILES string of the molecule is CC(C)CC(NS(=O)(=O)c1ccc2c(c1)oc(=O)n2C)C(=O)N1CC(C)CC(C)C1. The number of benzene rings is 1. The second kappa shape index (κ2) is 8.55. The van der Waals surface area contributed by atoms with Crippen molar-refractivity contribution < 1.29 is 17.6 Å². The van der Waals surface area contributed by atoms with E-state index >= 15 is 0 Å². The molecule has 8 nitrogen and oxygen atoms in total. The molecule has 1 saturated heterocycles. The largest absolute Gasteiger partial charge is 0.419 e. The number of carbonyl (C=O) groups is 1. The first-order valence-electron chi connectivity index (χ1n) is 10.4. The Bertz CT molecular complexity index is 1080. The Balaban J connectivity index is 1.88. The standard InChI is InChI=1S/C21H31N3O5S/c1-13(2)8-17(20(25)24-11-14(3)9-15(4)12-24)22-30(27,28)16-6-7-18-19(10-16)29-21(26)23(18)5/h6-7,10,13-15,17,22H,8-9,11-12H2,1-5H3. The van der Waals surface area contributed by atoms with Crippen LogP contribution >= 0.6 is 0 Å². The van der Waals surface area contributed by atoms with Crippen LogP contribution in [-0.4, -0.2) is 42.9 Å². The minimum atomic E-state index is -3.98. The number of oxazole rings is 1. The third-order valence-corrected chi connectivity index (χ3v) is 7.03. The van der Waals surface area contributed by atoms with Crippen LogP contribution in [0.1, 0.15) is 40.5 Å². The summed E-state index contributed by atoms with van der Waals surface area (Å²) in [6, 6.07) is 3.43. The van der Waals surface area contributed by atoms with E-state index in [2.05, 4.69) is 18.6 Å². The summed E-state index contributed by atoms with van der Waals surface area (Å²) in [7, 11) is -2.43. The molecule has 30 heavy (non-hydrogen) atoms. The summed E-state index contributed by atoms with van der Waals surface area (Å²) in [5.41, 5.74) is 0.695. The van der Waals surface area contributed by atoms with E-state index in [-0.39, 0.29) is 22.3 Å². The molecule has 1 fully saturated rings. The average Bonchev–Trinajstić information content (AvgIpc) is 2.92. The van der Waals surface area contributed by atoms with Gasteiger partial charge in [0, 0.05) is 26.2 Å². The Labute approximate surface area is 177 Å². The predicted octanol–water partition coefficient (Wildman–Crippen LogP) is 2.33. The number of amides is 1. The minimum absolute atomic E-state index is 0.0358. The van der Waals surface area contributed by atoms with Gasteiger partial charge in [-0.1, -0.05) is 27.7 Å². The molecule has 1 amide bonds. The number of sulfonamides is 1. The molecule has 1 aliphatic rings. The van der Waals surface area contributed by atoms with Crippen LogP contribution in [-0.2, 0) is 21.9 Å². The van der Waals surface area contributed by atoms with Crippen molar-refractivity contribution in [3.8, 4) is 0 Å². The molecule has 0 saturated carbocycles. The number of rotatable bonds is 6. The second-order valence-electron chi connectivity index (χ2n) is 9.05. The maximum Gasteiger partial charge on any atom is 0.419 e. The topological polar surface area (TPSA) is 102 Å². The summed E-state index contributed by atoms with van der Waals surface area (Å²) >= 11 is 0. The van der Waals surface area contributed by atoms with Gasteiger partial charge in [0.25, 0.3) is 0 Å². The van der Waals surface area contributed by atoms with Crippen LogP contribution in [0.15, 0.2) is 32.3 Å². The zero-order chi connectivity index (χ0) is 22.2. The number of fused-ring (bicyclic) bond motifs is 1. The number of hydrogen-bond acceptors (Lipinski definition) is 5. The fourth-order valence-electron chi connectivity index (χ4n) is 4.27. The zero-order valence-electron chi connectivity index (χ0n) is 18.2. The maximum absolute atomic E-state index is 13.2. The first-order chi connectivity index (χ1) is 14.0. The maximum atomic E-state index is 13.2. The summed E-state index contributed by atoms with van der Waals surface area (Å²) in [5.74, 6) is 0.164. The molecule has 0 radical (unpaired) electrons. The highest BCUT2D eigenvalue weighted by molar-refractivity contribution is 7.89. The summed E-state index contributed by atoms with van der Waals surface area (Å²) < 4.78 is 35.2. The van der Waals surface area contributed by atoms with Crippen molar-refractivity contribution in [3.05, 3.63) is 28.7 Å². The van der Waals surface area contributed by atoms with Crippen LogP contribution in [0.3, 0.4) is 0 Å². The van der Waals surface area contributed by atoms with Gasteiger partial charge in [-0.3, -0.25) is 9.36 Å². The predicted molar refractivity (Wildman–Crippen MR) is 115 cm³/mol. The van der Waals surface area contributed by atoms with Gasteiger partial charge < -0.3 is 9.32 Å². The molecule has 3 atom stereocenters. The summed E-state index contributed by atoms with van der Waals surface area (Å²) in [6.45, 7) is 9.42. The molecule has 166 valence electrons. The lowest BCUT2D eigenvalue weighted by Gasteiger charge is -2.37. The Hall–Kier alpha value is -2.13. The number of nitrogens with one attached hydrogen (secondary N) is 1. The number of hydrogen-bond donors (Lipinski definition) is 1. The Morgan fingerprint density at radius 3 is 2.47 bits per heavy atom. The van der Waals surface area contributed by atoms with Crippen LogP contribution < -0.4 is 10.5 Å². The first kappa shape index (κ1) is 22.6. The van der Waals surface area contributed by atoms with Crippen molar-refractivity contribution in [3.63, 3.8) is 0 Å². The van der Waals surface area contributed by atoms with E-state index < -0.39 is 21.8 Å². The Morgan fingerprint density at radius 1 is 1.23 bits per heavy atom. The van der Waals surface area contributed by atoms with Gasteiger partial charge in [-0.25, -0.2) is 13.2 Å². The van der Waals surface area contributed by atoms with Gasteiger partial charge in [0.1, 0.15) is 6.04 Å². The van der Waals surface area contributed by atoms with Crippen LogP contribution in [0, 0.1) is 17.8 Å². The third-order valence-electron chi connectivity index (χ3n) is 5.56. The van der Waals surface area contributed by atoms with Gasteiger partial charge in [-0.05, 0) is 42.7 Å². The van der Waals surface area contributed by atoms with Crippen molar-refractivity contribution >= 4 is 27.0 Å². The highest BCUT2D eigenvalue weighted by Crippen LogP contribution is 2.24. The monoisotopic (exact) mass is 437 g/mol. The fourth-order valence-corrected chi connectivity index (χ4v) is 5.49. The van der Waals surface area contributed by atoms with Crippen molar-refractivity contribution in [1.82, 2.24) is 14.2 Å². The van der Waals surface area contributed by atoms with Gasteiger partial charge >= 0.3 is 5.76 Å². The van der Waals surface area contributed by atoms with Crippen LogP contribution in [0.4, 0.5) is 0 Å². The molecule has 1 aromatic heterocycles. The molecule has 1 N–H and O–H groups in total. The van der Waals surface area contributed by atoms with Gasteiger partial charge in [0.05, 0.1) is 10.4 Å². The van der Waals surface area contributed by atoms with E-state index in [1.807, 2.05) is 13.8 Å². The van der Waals surface area contributed by atoms with Crippen LogP contribution in [0.5, 0.6) is 0 Å². The summed E-state index contributed by atoms with van der Waals surface area (Å²) in [5, 5.41) is 0.